The van der Waals surface area contributed by atoms with Crippen molar-refractivity contribution in [2.75, 3.05) is 12.5 Å². The van der Waals surface area contributed by atoms with Crippen LogP contribution >= 0.6 is 11.8 Å². The molecule has 0 bridgehead atoms. The smallest absolute Gasteiger partial charge is 0.276 e. The van der Waals surface area contributed by atoms with Crippen LogP contribution in [0.15, 0.2) is 52.6 Å². The summed E-state index contributed by atoms with van der Waals surface area (Å²) in [4.78, 5) is 17.7. The van der Waals surface area contributed by atoms with Crippen LogP contribution in [0.4, 0.5) is 0 Å². The van der Waals surface area contributed by atoms with Crippen LogP contribution in [-0.2, 0) is 4.79 Å². The lowest BCUT2D eigenvalue weighted by atomic mass is 10.1. The fourth-order valence-electron chi connectivity index (χ4n) is 3.32. The maximum atomic E-state index is 12.9. The highest BCUT2D eigenvalue weighted by atomic mass is 32.2. The van der Waals surface area contributed by atoms with Crippen molar-refractivity contribution in [3.05, 3.63) is 58.6 Å². The number of ether oxygens (including phenoxy) is 2. The molecule has 2 aromatic rings. The van der Waals surface area contributed by atoms with Crippen molar-refractivity contribution >= 4 is 28.5 Å². The number of fused-ring (bicyclic) bond motifs is 3. The van der Waals surface area contributed by atoms with E-state index in [2.05, 4.69) is 10.4 Å². The van der Waals surface area contributed by atoms with Crippen LogP contribution in [0.2, 0.25) is 0 Å². The van der Waals surface area contributed by atoms with Crippen molar-refractivity contribution in [1.82, 2.24) is 10.3 Å². The van der Waals surface area contributed by atoms with Gasteiger partial charge >= 0.3 is 0 Å². The van der Waals surface area contributed by atoms with E-state index in [0.29, 0.717) is 22.4 Å². The molecule has 1 amide bonds. The lowest BCUT2D eigenvalue weighted by Crippen LogP contribution is -2.50. The van der Waals surface area contributed by atoms with Crippen molar-refractivity contribution in [3.63, 3.8) is 0 Å². The van der Waals surface area contributed by atoms with Crippen LogP contribution < -0.4 is 25.4 Å². The third kappa shape index (κ3) is 2.64. The van der Waals surface area contributed by atoms with Gasteiger partial charge in [0.15, 0.2) is 22.8 Å². The van der Waals surface area contributed by atoms with Crippen LogP contribution in [0.5, 0.6) is 11.5 Å². The van der Waals surface area contributed by atoms with Gasteiger partial charge in [-0.25, -0.2) is 5.01 Å². The first-order valence-electron chi connectivity index (χ1n) is 8.63. The highest BCUT2D eigenvalue weighted by Gasteiger charge is 2.34. The molecule has 3 heterocycles. The molecule has 0 spiro atoms. The largest absolute Gasteiger partial charge is 0.454 e. The van der Waals surface area contributed by atoms with E-state index in [4.69, 9.17) is 14.5 Å². The van der Waals surface area contributed by atoms with Gasteiger partial charge in [-0.2, -0.15) is 0 Å². The van der Waals surface area contributed by atoms with E-state index in [1.807, 2.05) is 49.4 Å². The van der Waals surface area contributed by atoms with Gasteiger partial charge in [-0.05, 0) is 24.0 Å². The Labute approximate surface area is 159 Å². The zero-order chi connectivity index (χ0) is 18.4. The standard InChI is InChI=1S/C19H16N4O3S/c1-2-27-19-21-18(24)16-12-5-3-4-6-13(12)20-17(23(16)22-19)11-7-8-14-15(9-11)26-10-25-14/h3-9,17H,2,10H2,1H3,(H,21,22,24). The summed E-state index contributed by atoms with van der Waals surface area (Å²) < 4.78 is 10.9. The second-order valence-corrected chi connectivity index (χ2v) is 7.37. The van der Waals surface area contributed by atoms with Crippen molar-refractivity contribution < 1.29 is 14.3 Å². The number of thioether (sulfide) groups is 1. The summed E-state index contributed by atoms with van der Waals surface area (Å²) in [6, 6.07) is 13.3. The summed E-state index contributed by atoms with van der Waals surface area (Å²) in [5.41, 5.74) is 1.38. The third-order valence-corrected chi connectivity index (χ3v) is 5.24. The normalized spacial score (nSPS) is 19.7. The molecule has 3 aliphatic rings. The average Bonchev–Trinajstić information content (AvgIpc) is 3.15. The average molecular weight is 380 g/mol. The Morgan fingerprint density at radius 2 is 2.07 bits per heavy atom. The predicted molar refractivity (Wildman–Crippen MR) is 101 cm³/mol. The number of amides is 1. The molecule has 0 fully saturated rings. The van der Waals surface area contributed by atoms with E-state index in [0.717, 1.165) is 21.9 Å². The Hall–Kier alpha value is -3.00. The van der Waals surface area contributed by atoms with Crippen LogP contribution in [0.1, 0.15) is 18.7 Å². The molecule has 0 saturated carbocycles. The molecule has 1 atom stereocenters. The fraction of sp³-hybridized carbons (Fsp3) is 0.211. The van der Waals surface area contributed by atoms with Gasteiger partial charge in [0.2, 0.25) is 6.79 Å². The third-order valence-electron chi connectivity index (χ3n) is 4.49. The summed E-state index contributed by atoms with van der Waals surface area (Å²) in [7, 11) is 0. The number of nitrogens with one attached hydrogen (secondary N) is 1. The van der Waals surface area contributed by atoms with Gasteiger partial charge in [0, 0.05) is 10.8 Å². The monoisotopic (exact) mass is 380 g/mol. The summed E-state index contributed by atoms with van der Waals surface area (Å²) in [5.74, 6) is 2.03. The lowest BCUT2D eigenvalue weighted by molar-refractivity contribution is -0.116. The minimum Gasteiger partial charge on any atom is -0.454 e. The van der Waals surface area contributed by atoms with Gasteiger partial charge in [0.1, 0.15) is 5.70 Å². The van der Waals surface area contributed by atoms with Gasteiger partial charge in [0.05, 0.1) is 5.36 Å². The second-order valence-electron chi connectivity index (χ2n) is 6.12. The SMILES string of the molecule is CCSC1=NN2C(=c3ccccc3=NC2c2ccc3c(c2)OCO3)C(=O)N1. The van der Waals surface area contributed by atoms with Gasteiger partial charge in [-0.1, -0.05) is 43.0 Å². The zero-order valence-electron chi connectivity index (χ0n) is 14.5. The second kappa shape index (κ2) is 6.31. The zero-order valence-corrected chi connectivity index (χ0v) is 15.3. The molecule has 5 rings (SSSR count). The summed E-state index contributed by atoms with van der Waals surface area (Å²) in [5, 5.41) is 11.4. The molecule has 1 unspecified atom stereocenters. The molecular formula is C19H16N4O3S. The van der Waals surface area contributed by atoms with Crippen LogP contribution in [0.3, 0.4) is 0 Å². The number of carbonyl (C=O) groups is 1. The molecule has 0 saturated heterocycles. The molecule has 0 aliphatic carbocycles. The molecule has 0 aromatic heterocycles. The van der Waals surface area contributed by atoms with E-state index < -0.39 is 6.17 Å². The minimum absolute atomic E-state index is 0.172. The van der Waals surface area contributed by atoms with Crippen LogP contribution in [-0.4, -0.2) is 28.6 Å². The Balaban J connectivity index is 1.71. The first kappa shape index (κ1) is 16.2. The number of benzene rings is 2. The van der Waals surface area contributed by atoms with Crippen LogP contribution in [0, 0.1) is 0 Å². The number of hydrogen-bond acceptors (Lipinski definition) is 7. The van der Waals surface area contributed by atoms with Crippen LogP contribution in [0.25, 0.3) is 5.70 Å². The molecule has 27 heavy (non-hydrogen) atoms. The molecule has 136 valence electrons. The van der Waals surface area contributed by atoms with Crippen molar-refractivity contribution in [2.24, 2.45) is 10.1 Å². The number of nitrogens with zero attached hydrogens (tertiary/aromatic N) is 3. The highest BCUT2D eigenvalue weighted by molar-refractivity contribution is 8.13. The van der Waals surface area contributed by atoms with E-state index in [-0.39, 0.29) is 12.7 Å². The Morgan fingerprint density at radius 1 is 1.22 bits per heavy atom. The topological polar surface area (TPSA) is 75.5 Å². The molecular weight excluding hydrogens is 364 g/mol. The van der Waals surface area contributed by atoms with Crippen molar-refractivity contribution in [2.45, 2.75) is 13.1 Å². The number of rotatable bonds is 2. The first-order chi connectivity index (χ1) is 13.2. The molecule has 2 aromatic carbocycles. The summed E-state index contributed by atoms with van der Waals surface area (Å²) >= 11 is 1.49. The number of hydrogen-bond donors (Lipinski definition) is 1. The Morgan fingerprint density at radius 3 is 2.96 bits per heavy atom. The maximum Gasteiger partial charge on any atom is 0.276 e. The van der Waals surface area contributed by atoms with E-state index in [9.17, 15) is 4.79 Å². The van der Waals surface area contributed by atoms with E-state index in [1.54, 1.807) is 5.01 Å². The van der Waals surface area contributed by atoms with Gasteiger partial charge in [-0.3, -0.25) is 15.1 Å². The number of hydrazone groups is 1. The number of carbonyl (C=O) groups excluding carboxylic acids is 1. The highest BCUT2D eigenvalue weighted by Crippen LogP contribution is 2.37. The minimum atomic E-state index is -0.456. The Bertz CT molecular complexity index is 1100. The molecule has 0 radical (unpaired) electrons. The van der Waals surface area contributed by atoms with Gasteiger partial charge in [-0.15, -0.1) is 5.10 Å². The maximum absolute atomic E-state index is 12.9. The van der Waals surface area contributed by atoms with E-state index >= 15 is 0 Å². The van der Waals surface area contributed by atoms with Crippen molar-refractivity contribution in [3.8, 4) is 11.5 Å². The summed E-state index contributed by atoms with van der Waals surface area (Å²) in [6.45, 7) is 2.23. The van der Waals surface area contributed by atoms with Gasteiger partial charge in [0.25, 0.3) is 5.91 Å². The fourth-order valence-corrected chi connectivity index (χ4v) is 3.90. The Kier molecular flexibility index (Phi) is 3.78. The number of para-hydroxylation sites is 1. The first-order valence-corrected chi connectivity index (χ1v) is 9.62. The quantitative estimate of drug-likeness (QED) is 0.850. The lowest BCUT2D eigenvalue weighted by Gasteiger charge is -2.34. The van der Waals surface area contributed by atoms with Crippen molar-refractivity contribution in [1.29, 1.82) is 0 Å². The van der Waals surface area contributed by atoms with Gasteiger partial charge < -0.3 is 9.47 Å². The predicted octanol–water partition coefficient (Wildman–Crippen LogP) is 1.31. The summed E-state index contributed by atoms with van der Waals surface area (Å²) in [6.07, 6.45) is -0.456. The molecule has 8 heteroatoms. The number of amidine groups is 1. The van der Waals surface area contributed by atoms with E-state index in [1.165, 1.54) is 11.8 Å². The molecule has 7 nitrogen and oxygen atoms in total. The molecule has 3 aliphatic heterocycles. The molecule has 1 N–H and O–H groups in total.